The first-order chi connectivity index (χ1) is 10.2. The average molecular weight is 290 g/mol. The minimum absolute atomic E-state index is 0.109. The predicted molar refractivity (Wildman–Crippen MR) is 76.8 cm³/mol. The lowest BCUT2D eigenvalue weighted by Gasteiger charge is -2.12. The van der Waals surface area contributed by atoms with Gasteiger partial charge in [-0.25, -0.2) is 9.78 Å². The molecule has 1 heterocycles. The van der Waals surface area contributed by atoms with Crippen LogP contribution in [0.4, 0.5) is 0 Å². The highest BCUT2D eigenvalue weighted by atomic mass is 16.5. The van der Waals surface area contributed by atoms with Crippen LogP contribution in [0.1, 0.15) is 29.4 Å². The number of carbonyl (C=O) groups is 1. The Hall–Kier alpha value is -2.50. The molecule has 1 aromatic carbocycles. The van der Waals surface area contributed by atoms with Crippen LogP contribution in [-0.4, -0.2) is 27.7 Å². The summed E-state index contributed by atoms with van der Waals surface area (Å²) in [7, 11) is 1.52. The summed E-state index contributed by atoms with van der Waals surface area (Å²) < 4.78 is 12.7. The standard InChI is InChI=1S/C15H18N2O4/c1-3-6-17-10-16-8-11(17)9-21-14-7-12(20-2)4-5-13(14)15(18)19/h4-5,7-8,10H,3,6,9H2,1-2H3,(H,18,19). The number of benzene rings is 1. The Balaban J connectivity index is 2.18. The van der Waals surface area contributed by atoms with Gasteiger partial charge >= 0.3 is 5.97 Å². The van der Waals surface area contributed by atoms with Crippen molar-refractivity contribution in [2.75, 3.05) is 7.11 Å². The van der Waals surface area contributed by atoms with Crippen molar-refractivity contribution >= 4 is 5.97 Å². The first kappa shape index (κ1) is 14.9. The summed E-state index contributed by atoms with van der Waals surface area (Å²) >= 11 is 0. The smallest absolute Gasteiger partial charge is 0.339 e. The van der Waals surface area contributed by atoms with Gasteiger partial charge < -0.3 is 19.1 Å². The molecule has 21 heavy (non-hydrogen) atoms. The van der Waals surface area contributed by atoms with E-state index in [0.717, 1.165) is 18.7 Å². The fourth-order valence-corrected chi connectivity index (χ4v) is 1.99. The van der Waals surface area contributed by atoms with E-state index in [2.05, 4.69) is 11.9 Å². The van der Waals surface area contributed by atoms with E-state index in [1.165, 1.54) is 13.2 Å². The van der Waals surface area contributed by atoms with Gasteiger partial charge in [0.2, 0.25) is 0 Å². The summed E-state index contributed by atoms with van der Waals surface area (Å²) in [6.07, 6.45) is 4.45. The number of hydrogen-bond donors (Lipinski definition) is 1. The van der Waals surface area contributed by atoms with Crippen molar-refractivity contribution in [3.05, 3.63) is 42.0 Å². The van der Waals surface area contributed by atoms with Gasteiger partial charge in [0.05, 0.1) is 25.3 Å². The Morgan fingerprint density at radius 2 is 2.24 bits per heavy atom. The summed E-state index contributed by atoms with van der Waals surface area (Å²) in [5, 5.41) is 9.19. The van der Waals surface area contributed by atoms with Crippen molar-refractivity contribution in [2.45, 2.75) is 26.5 Å². The molecule has 112 valence electrons. The zero-order valence-electron chi connectivity index (χ0n) is 12.1. The highest BCUT2D eigenvalue weighted by Gasteiger charge is 2.13. The molecule has 6 nitrogen and oxygen atoms in total. The Kier molecular flexibility index (Phi) is 4.81. The van der Waals surface area contributed by atoms with Crippen LogP contribution < -0.4 is 9.47 Å². The molecule has 0 saturated carbocycles. The molecule has 1 N–H and O–H groups in total. The molecule has 0 fully saturated rings. The maximum Gasteiger partial charge on any atom is 0.339 e. The number of aromatic nitrogens is 2. The van der Waals surface area contributed by atoms with E-state index in [-0.39, 0.29) is 17.9 Å². The molecule has 0 aliphatic heterocycles. The van der Waals surface area contributed by atoms with Gasteiger partial charge in [-0.05, 0) is 18.6 Å². The van der Waals surface area contributed by atoms with Crippen molar-refractivity contribution in [2.24, 2.45) is 0 Å². The van der Waals surface area contributed by atoms with Crippen LogP contribution in [0.3, 0.4) is 0 Å². The largest absolute Gasteiger partial charge is 0.497 e. The highest BCUT2D eigenvalue weighted by molar-refractivity contribution is 5.91. The minimum Gasteiger partial charge on any atom is -0.497 e. The molecule has 0 spiro atoms. The number of carboxylic acid groups (broad SMARTS) is 1. The number of aryl methyl sites for hydroxylation is 1. The van der Waals surface area contributed by atoms with Crippen LogP contribution in [0.5, 0.6) is 11.5 Å². The lowest BCUT2D eigenvalue weighted by molar-refractivity contribution is 0.0691. The Morgan fingerprint density at radius 1 is 1.43 bits per heavy atom. The monoisotopic (exact) mass is 290 g/mol. The fourth-order valence-electron chi connectivity index (χ4n) is 1.99. The number of rotatable bonds is 7. The summed E-state index contributed by atoms with van der Waals surface area (Å²) in [5.74, 6) is -0.196. The van der Waals surface area contributed by atoms with Crippen molar-refractivity contribution in [3.8, 4) is 11.5 Å². The lowest BCUT2D eigenvalue weighted by atomic mass is 10.2. The zero-order valence-corrected chi connectivity index (χ0v) is 12.1. The molecule has 0 unspecified atom stereocenters. The van der Waals surface area contributed by atoms with Gasteiger partial charge in [0.1, 0.15) is 23.7 Å². The van der Waals surface area contributed by atoms with Gasteiger partial charge in [-0.15, -0.1) is 0 Å². The molecular formula is C15H18N2O4. The number of imidazole rings is 1. The average Bonchev–Trinajstić information content (AvgIpc) is 2.92. The molecule has 0 saturated heterocycles. The quantitative estimate of drug-likeness (QED) is 0.848. The first-order valence-corrected chi connectivity index (χ1v) is 6.68. The van der Waals surface area contributed by atoms with Crippen LogP contribution in [0, 0.1) is 0 Å². The zero-order chi connectivity index (χ0) is 15.2. The van der Waals surface area contributed by atoms with Gasteiger partial charge in [-0.3, -0.25) is 0 Å². The van der Waals surface area contributed by atoms with Crippen LogP contribution in [0.25, 0.3) is 0 Å². The number of carboxylic acids is 1. The molecule has 0 atom stereocenters. The maximum atomic E-state index is 11.2. The topological polar surface area (TPSA) is 73.6 Å². The van der Waals surface area contributed by atoms with Crippen LogP contribution >= 0.6 is 0 Å². The lowest BCUT2D eigenvalue weighted by Crippen LogP contribution is -2.07. The second-order valence-electron chi connectivity index (χ2n) is 4.53. The summed E-state index contributed by atoms with van der Waals surface area (Å²) in [6, 6.07) is 4.64. The first-order valence-electron chi connectivity index (χ1n) is 6.68. The third-order valence-electron chi connectivity index (χ3n) is 3.06. The van der Waals surface area contributed by atoms with E-state index >= 15 is 0 Å². The van der Waals surface area contributed by atoms with E-state index in [1.807, 2.05) is 4.57 Å². The summed E-state index contributed by atoms with van der Waals surface area (Å²) in [5.41, 5.74) is 1.01. The predicted octanol–water partition coefficient (Wildman–Crippen LogP) is 2.58. The van der Waals surface area contributed by atoms with Gasteiger partial charge in [0.15, 0.2) is 0 Å². The molecule has 0 radical (unpaired) electrons. The van der Waals surface area contributed by atoms with E-state index < -0.39 is 5.97 Å². The Morgan fingerprint density at radius 3 is 2.90 bits per heavy atom. The van der Waals surface area contributed by atoms with Gasteiger partial charge in [0, 0.05) is 12.6 Å². The number of ether oxygens (including phenoxy) is 2. The molecule has 0 bridgehead atoms. The number of hydrogen-bond acceptors (Lipinski definition) is 4. The number of nitrogens with zero attached hydrogens (tertiary/aromatic N) is 2. The van der Waals surface area contributed by atoms with Crippen molar-refractivity contribution in [1.29, 1.82) is 0 Å². The van der Waals surface area contributed by atoms with Crippen LogP contribution in [0.15, 0.2) is 30.7 Å². The third-order valence-corrected chi connectivity index (χ3v) is 3.06. The van der Waals surface area contributed by atoms with Crippen molar-refractivity contribution in [1.82, 2.24) is 9.55 Å². The van der Waals surface area contributed by atoms with Gasteiger partial charge in [0.25, 0.3) is 0 Å². The van der Waals surface area contributed by atoms with E-state index in [0.29, 0.717) is 5.75 Å². The molecule has 6 heteroatoms. The molecule has 0 aliphatic carbocycles. The van der Waals surface area contributed by atoms with E-state index in [1.54, 1.807) is 24.7 Å². The molecule has 1 aromatic heterocycles. The summed E-state index contributed by atoms with van der Waals surface area (Å²) in [4.78, 5) is 15.3. The Labute approximate surface area is 122 Å². The van der Waals surface area contributed by atoms with Gasteiger partial charge in [-0.2, -0.15) is 0 Å². The molecule has 0 amide bonds. The molecule has 2 aromatic rings. The second kappa shape index (κ2) is 6.78. The normalized spacial score (nSPS) is 10.4. The van der Waals surface area contributed by atoms with Gasteiger partial charge in [-0.1, -0.05) is 6.92 Å². The second-order valence-corrected chi connectivity index (χ2v) is 4.53. The number of aromatic carboxylic acids is 1. The van der Waals surface area contributed by atoms with Crippen molar-refractivity contribution < 1.29 is 19.4 Å². The Bertz CT molecular complexity index is 622. The van der Waals surface area contributed by atoms with E-state index in [9.17, 15) is 9.90 Å². The third kappa shape index (κ3) is 3.53. The van der Waals surface area contributed by atoms with E-state index in [4.69, 9.17) is 9.47 Å². The van der Waals surface area contributed by atoms with Crippen LogP contribution in [-0.2, 0) is 13.2 Å². The molecule has 0 aliphatic rings. The summed E-state index contributed by atoms with van der Waals surface area (Å²) in [6.45, 7) is 3.19. The van der Waals surface area contributed by atoms with Crippen molar-refractivity contribution in [3.63, 3.8) is 0 Å². The maximum absolute atomic E-state index is 11.2. The minimum atomic E-state index is -1.03. The van der Waals surface area contributed by atoms with Crippen LogP contribution in [0.2, 0.25) is 0 Å². The number of methoxy groups -OCH3 is 1. The molecule has 2 rings (SSSR count). The fraction of sp³-hybridized carbons (Fsp3) is 0.333. The highest BCUT2D eigenvalue weighted by Crippen LogP contribution is 2.25. The molecular weight excluding hydrogens is 272 g/mol. The SMILES string of the molecule is CCCn1cncc1COc1cc(OC)ccc1C(=O)O.